The van der Waals surface area contributed by atoms with Crippen molar-refractivity contribution in [1.29, 1.82) is 0 Å². The molecule has 0 spiro atoms. The van der Waals surface area contributed by atoms with E-state index in [2.05, 4.69) is 33.4 Å². The Morgan fingerprint density at radius 3 is 2.27 bits per heavy atom. The fourth-order valence-corrected chi connectivity index (χ4v) is 3.12. The van der Waals surface area contributed by atoms with Crippen LogP contribution >= 0.6 is 15.9 Å². The summed E-state index contributed by atoms with van der Waals surface area (Å²) in [7, 11) is 0. The second-order valence-corrected chi connectivity index (χ2v) is 6.92. The molecule has 0 saturated carbocycles. The quantitative estimate of drug-likeness (QED) is 0.414. The Bertz CT molecular complexity index is 888. The standard InChI is InChI=1S/C23H20BrNO/c24-22-13-7-10-19(15-22)14-21(23(26)20-11-5-2-6-12-20)17-25-16-18-8-3-1-4-9-18/h1-15,25H,16-17H2/b21-14+. The normalized spacial score (nSPS) is 11.3. The maximum Gasteiger partial charge on any atom is 0.190 e. The van der Waals surface area contributed by atoms with Gasteiger partial charge in [0.05, 0.1) is 0 Å². The van der Waals surface area contributed by atoms with E-state index in [1.165, 1.54) is 5.56 Å². The zero-order chi connectivity index (χ0) is 18.2. The Hall–Kier alpha value is -2.49. The lowest BCUT2D eigenvalue weighted by Gasteiger charge is -2.10. The molecule has 0 aliphatic heterocycles. The molecule has 130 valence electrons. The smallest absolute Gasteiger partial charge is 0.190 e. The molecule has 0 aromatic heterocycles. The number of nitrogens with one attached hydrogen (secondary N) is 1. The first-order valence-electron chi connectivity index (χ1n) is 8.53. The van der Waals surface area contributed by atoms with E-state index >= 15 is 0 Å². The SMILES string of the molecule is O=C(/C(=C/c1cccc(Br)c1)CNCc1ccccc1)c1ccccc1. The second kappa shape index (κ2) is 9.27. The van der Waals surface area contributed by atoms with Crippen LogP contribution in [0.3, 0.4) is 0 Å². The third-order valence-corrected chi connectivity index (χ3v) is 4.50. The minimum atomic E-state index is 0.0473. The summed E-state index contributed by atoms with van der Waals surface area (Å²) in [5, 5.41) is 3.39. The van der Waals surface area contributed by atoms with E-state index in [1.54, 1.807) is 0 Å². The number of hydrogen-bond donors (Lipinski definition) is 1. The first-order chi connectivity index (χ1) is 12.7. The number of Topliss-reactive ketones (excluding diaryl/α,β-unsaturated/α-hetero) is 1. The Labute approximate surface area is 162 Å². The zero-order valence-corrected chi connectivity index (χ0v) is 15.9. The van der Waals surface area contributed by atoms with Gasteiger partial charge in [-0.3, -0.25) is 4.79 Å². The van der Waals surface area contributed by atoms with Crippen molar-refractivity contribution < 1.29 is 4.79 Å². The van der Waals surface area contributed by atoms with Crippen molar-refractivity contribution in [2.24, 2.45) is 0 Å². The predicted molar refractivity (Wildman–Crippen MR) is 111 cm³/mol. The summed E-state index contributed by atoms with van der Waals surface area (Å²) in [6.45, 7) is 1.23. The highest BCUT2D eigenvalue weighted by Crippen LogP contribution is 2.17. The molecule has 3 rings (SSSR count). The Kier molecular flexibility index (Phi) is 6.53. The van der Waals surface area contributed by atoms with Crippen LogP contribution in [0.2, 0.25) is 0 Å². The summed E-state index contributed by atoms with van der Waals surface area (Å²) in [6, 6.07) is 27.5. The van der Waals surface area contributed by atoms with E-state index < -0.39 is 0 Å². The average Bonchev–Trinajstić information content (AvgIpc) is 2.68. The monoisotopic (exact) mass is 405 g/mol. The van der Waals surface area contributed by atoms with Gasteiger partial charge in [0.1, 0.15) is 0 Å². The van der Waals surface area contributed by atoms with E-state index in [0.717, 1.165) is 22.2 Å². The Morgan fingerprint density at radius 2 is 1.58 bits per heavy atom. The lowest BCUT2D eigenvalue weighted by atomic mass is 10.0. The van der Waals surface area contributed by atoms with Gasteiger partial charge in [-0.25, -0.2) is 0 Å². The molecule has 0 atom stereocenters. The molecule has 0 bridgehead atoms. The summed E-state index contributed by atoms with van der Waals surface area (Å²) in [4.78, 5) is 13.0. The highest BCUT2D eigenvalue weighted by molar-refractivity contribution is 9.10. The minimum Gasteiger partial charge on any atom is -0.308 e. The van der Waals surface area contributed by atoms with Gasteiger partial charge in [-0.2, -0.15) is 0 Å². The summed E-state index contributed by atoms with van der Waals surface area (Å²) in [6.07, 6.45) is 1.96. The van der Waals surface area contributed by atoms with E-state index in [4.69, 9.17) is 0 Å². The largest absolute Gasteiger partial charge is 0.308 e. The van der Waals surface area contributed by atoms with E-state index in [0.29, 0.717) is 12.1 Å². The summed E-state index contributed by atoms with van der Waals surface area (Å²) in [5.74, 6) is 0.0473. The lowest BCUT2D eigenvalue weighted by molar-refractivity contribution is 0.103. The molecule has 0 aliphatic carbocycles. The summed E-state index contributed by atoms with van der Waals surface area (Å²) < 4.78 is 0.995. The maximum atomic E-state index is 13.0. The molecule has 1 N–H and O–H groups in total. The number of ketones is 1. The fourth-order valence-electron chi connectivity index (χ4n) is 2.71. The number of carbonyl (C=O) groups excluding carboxylic acids is 1. The number of hydrogen-bond acceptors (Lipinski definition) is 2. The lowest BCUT2D eigenvalue weighted by Crippen LogP contribution is -2.21. The van der Waals surface area contributed by atoms with Gasteiger partial charge in [-0.1, -0.05) is 88.7 Å². The van der Waals surface area contributed by atoms with Crippen molar-refractivity contribution in [3.8, 4) is 0 Å². The van der Waals surface area contributed by atoms with Gasteiger partial charge in [0.15, 0.2) is 5.78 Å². The Balaban J connectivity index is 1.80. The topological polar surface area (TPSA) is 29.1 Å². The molecule has 0 saturated heterocycles. The first-order valence-corrected chi connectivity index (χ1v) is 9.32. The molecule has 2 nitrogen and oxygen atoms in total. The molecule has 3 heteroatoms. The predicted octanol–water partition coefficient (Wildman–Crippen LogP) is 5.51. The van der Waals surface area contributed by atoms with Crippen LogP contribution in [0.4, 0.5) is 0 Å². The van der Waals surface area contributed by atoms with Crippen molar-refractivity contribution in [3.63, 3.8) is 0 Å². The third-order valence-electron chi connectivity index (χ3n) is 4.00. The molecule has 26 heavy (non-hydrogen) atoms. The molecule has 0 fully saturated rings. The molecule has 0 amide bonds. The molecule has 0 heterocycles. The van der Waals surface area contributed by atoms with Crippen LogP contribution in [-0.2, 0) is 6.54 Å². The first kappa shape index (κ1) is 18.3. The maximum absolute atomic E-state index is 13.0. The molecular weight excluding hydrogens is 386 g/mol. The summed E-state index contributed by atoms with van der Waals surface area (Å²) >= 11 is 3.49. The number of carbonyl (C=O) groups is 1. The van der Waals surface area contributed by atoms with Gasteiger partial charge in [-0.05, 0) is 29.3 Å². The minimum absolute atomic E-state index is 0.0473. The van der Waals surface area contributed by atoms with Gasteiger partial charge < -0.3 is 5.32 Å². The Morgan fingerprint density at radius 1 is 0.885 bits per heavy atom. The van der Waals surface area contributed by atoms with Gasteiger partial charge in [0.2, 0.25) is 0 Å². The number of benzene rings is 3. The van der Waals surface area contributed by atoms with Gasteiger partial charge in [0.25, 0.3) is 0 Å². The van der Waals surface area contributed by atoms with Crippen LogP contribution in [0.5, 0.6) is 0 Å². The van der Waals surface area contributed by atoms with Crippen LogP contribution in [0, 0.1) is 0 Å². The van der Waals surface area contributed by atoms with E-state index in [1.807, 2.05) is 78.9 Å². The highest BCUT2D eigenvalue weighted by atomic mass is 79.9. The highest BCUT2D eigenvalue weighted by Gasteiger charge is 2.12. The van der Waals surface area contributed by atoms with Crippen molar-refractivity contribution in [3.05, 3.63) is 112 Å². The van der Waals surface area contributed by atoms with Crippen LogP contribution in [0.1, 0.15) is 21.5 Å². The molecule has 0 aliphatic rings. The average molecular weight is 406 g/mol. The van der Waals surface area contributed by atoms with Crippen LogP contribution in [-0.4, -0.2) is 12.3 Å². The van der Waals surface area contributed by atoms with E-state index in [9.17, 15) is 4.79 Å². The number of halogens is 1. The van der Waals surface area contributed by atoms with Crippen LogP contribution < -0.4 is 5.32 Å². The van der Waals surface area contributed by atoms with Gasteiger partial charge in [0, 0.05) is 28.7 Å². The van der Waals surface area contributed by atoms with Crippen molar-refractivity contribution in [2.45, 2.75) is 6.54 Å². The molecular formula is C23H20BrNO. The van der Waals surface area contributed by atoms with Gasteiger partial charge in [-0.15, -0.1) is 0 Å². The molecule has 3 aromatic rings. The summed E-state index contributed by atoms with van der Waals surface area (Å²) in [5.41, 5.74) is 3.64. The van der Waals surface area contributed by atoms with E-state index in [-0.39, 0.29) is 5.78 Å². The van der Waals surface area contributed by atoms with Crippen LogP contribution in [0.25, 0.3) is 6.08 Å². The van der Waals surface area contributed by atoms with Crippen molar-refractivity contribution >= 4 is 27.8 Å². The fraction of sp³-hybridized carbons (Fsp3) is 0.0870. The third kappa shape index (κ3) is 5.25. The van der Waals surface area contributed by atoms with Crippen molar-refractivity contribution in [1.82, 2.24) is 5.32 Å². The second-order valence-electron chi connectivity index (χ2n) is 6.01. The van der Waals surface area contributed by atoms with Gasteiger partial charge >= 0.3 is 0 Å². The van der Waals surface area contributed by atoms with Crippen molar-refractivity contribution in [2.75, 3.05) is 6.54 Å². The number of rotatable bonds is 7. The molecule has 3 aromatic carbocycles. The zero-order valence-electron chi connectivity index (χ0n) is 14.4. The van der Waals surface area contributed by atoms with Crippen LogP contribution in [0.15, 0.2) is 95.0 Å². The molecule has 0 radical (unpaired) electrons. The molecule has 0 unspecified atom stereocenters.